The smallest absolute Gasteiger partial charge is 0.126 e. The van der Waals surface area contributed by atoms with Crippen LogP contribution in [0.1, 0.15) is 37.3 Å². The number of rotatable bonds is 3. The van der Waals surface area contributed by atoms with Gasteiger partial charge in [0.1, 0.15) is 5.82 Å². The summed E-state index contributed by atoms with van der Waals surface area (Å²) in [5, 5.41) is 0. The van der Waals surface area contributed by atoms with E-state index in [1.165, 1.54) is 24.8 Å². The summed E-state index contributed by atoms with van der Waals surface area (Å²) in [5.41, 5.74) is 7.97. The zero-order valence-corrected chi connectivity index (χ0v) is 12.5. The Morgan fingerprint density at radius 2 is 2.16 bits per heavy atom. The second-order valence-electron chi connectivity index (χ2n) is 5.48. The van der Waals surface area contributed by atoms with Crippen molar-refractivity contribution in [2.75, 3.05) is 6.54 Å². The molecule has 1 aromatic carbocycles. The maximum atomic E-state index is 13.2. The third-order valence-electron chi connectivity index (χ3n) is 3.88. The highest BCUT2D eigenvalue weighted by molar-refractivity contribution is 5.85. The molecule has 0 spiro atoms. The Morgan fingerprint density at radius 3 is 2.79 bits per heavy atom. The van der Waals surface area contributed by atoms with Gasteiger partial charge in [0.25, 0.3) is 0 Å². The minimum absolute atomic E-state index is 0. The molecule has 1 aliphatic rings. The highest BCUT2D eigenvalue weighted by atomic mass is 35.5. The van der Waals surface area contributed by atoms with E-state index in [0.717, 1.165) is 18.7 Å². The normalized spacial score (nSPS) is 21.8. The Kier molecular flexibility index (Phi) is 6.24. The zero-order chi connectivity index (χ0) is 13.1. The fourth-order valence-electron chi connectivity index (χ4n) is 2.85. The van der Waals surface area contributed by atoms with Crippen molar-refractivity contribution in [2.24, 2.45) is 5.73 Å². The van der Waals surface area contributed by atoms with Gasteiger partial charge in [0.2, 0.25) is 0 Å². The third kappa shape index (κ3) is 4.16. The number of aryl methyl sites for hydroxylation is 1. The number of hydrogen-bond donors (Lipinski definition) is 1. The second kappa shape index (κ2) is 7.22. The van der Waals surface area contributed by atoms with Crippen molar-refractivity contribution in [3.05, 3.63) is 35.1 Å². The number of nitrogens with two attached hydrogens (primary N) is 1. The second-order valence-corrected chi connectivity index (χ2v) is 5.48. The van der Waals surface area contributed by atoms with E-state index in [0.29, 0.717) is 6.04 Å². The topological polar surface area (TPSA) is 29.3 Å². The summed E-state index contributed by atoms with van der Waals surface area (Å²) in [4.78, 5) is 2.45. The molecule has 2 atom stereocenters. The van der Waals surface area contributed by atoms with Crippen LogP contribution in [0.2, 0.25) is 0 Å². The fourth-order valence-corrected chi connectivity index (χ4v) is 2.85. The molecular formula is C15H24ClFN2. The van der Waals surface area contributed by atoms with Crippen LogP contribution >= 0.6 is 12.4 Å². The van der Waals surface area contributed by atoms with Crippen LogP contribution in [0.5, 0.6) is 0 Å². The van der Waals surface area contributed by atoms with Gasteiger partial charge < -0.3 is 5.73 Å². The lowest BCUT2D eigenvalue weighted by Gasteiger charge is -2.38. The Hall–Kier alpha value is -0.640. The number of likely N-dealkylation sites (tertiary alicyclic amines) is 1. The van der Waals surface area contributed by atoms with Crippen LogP contribution in [-0.4, -0.2) is 23.5 Å². The van der Waals surface area contributed by atoms with E-state index in [9.17, 15) is 4.39 Å². The van der Waals surface area contributed by atoms with Gasteiger partial charge in [-0.3, -0.25) is 4.90 Å². The standard InChI is InChI=1S/C15H23FN2.ClH/c1-11-9-13(6-7-14(11)16)10-18-8-4-3-5-15(18)12(2)17;/h6-7,9,12,15H,3-5,8,10,17H2,1-2H3;1H. The van der Waals surface area contributed by atoms with Crippen LogP contribution in [0.3, 0.4) is 0 Å². The molecule has 0 amide bonds. The van der Waals surface area contributed by atoms with E-state index in [1.54, 1.807) is 6.07 Å². The summed E-state index contributed by atoms with van der Waals surface area (Å²) in [6.07, 6.45) is 3.69. The van der Waals surface area contributed by atoms with Gasteiger partial charge in [-0.1, -0.05) is 18.6 Å². The molecule has 2 unspecified atom stereocenters. The minimum Gasteiger partial charge on any atom is -0.327 e. The van der Waals surface area contributed by atoms with Gasteiger partial charge in [-0.2, -0.15) is 0 Å². The van der Waals surface area contributed by atoms with Crippen molar-refractivity contribution in [3.8, 4) is 0 Å². The molecule has 19 heavy (non-hydrogen) atoms. The first-order chi connectivity index (χ1) is 8.58. The minimum atomic E-state index is -0.124. The van der Waals surface area contributed by atoms with Gasteiger partial charge in [0, 0.05) is 18.6 Å². The summed E-state index contributed by atoms with van der Waals surface area (Å²) >= 11 is 0. The van der Waals surface area contributed by atoms with Crippen LogP contribution in [0, 0.1) is 12.7 Å². The maximum absolute atomic E-state index is 13.2. The molecule has 1 heterocycles. The SMILES string of the molecule is Cc1cc(CN2CCCCC2C(C)N)ccc1F.Cl. The molecule has 1 fully saturated rings. The Bertz CT molecular complexity index is 409. The predicted molar refractivity (Wildman–Crippen MR) is 80.1 cm³/mol. The van der Waals surface area contributed by atoms with Crippen LogP contribution in [-0.2, 0) is 6.54 Å². The molecule has 2 N–H and O–H groups in total. The molecule has 0 aliphatic carbocycles. The van der Waals surface area contributed by atoms with Gasteiger partial charge in [0.15, 0.2) is 0 Å². The lowest BCUT2D eigenvalue weighted by atomic mass is 9.96. The van der Waals surface area contributed by atoms with E-state index < -0.39 is 0 Å². The summed E-state index contributed by atoms with van der Waals surface area (Å²) < 4.78 is 13.2. The number of benzene rings is 1. The molecule has 1 aromatic rings. The first-order valence-corrected chi connectivity index (χ1v) is 6.82. The van der Waals surface area contributed by atoms with Gasteiger partial charge >= 0.3 is 0 Å². The van der Waals surface area contributed by atoms with E-state index in [4.69, 9.17) is 5.73 Å². The molecule has 0 bridgehead atoms. The van der Waals surface area contributed by atoms with E-state index in [-0.39, 0.29) is 24.3 Å². The zero-order valence-electron chi connectivity index (χ0n) is 11.7. The van der Waals surface area contributed by atoms with E-state index >= 15 is 0 Å². The van der Waals surface area contributed by atoms with E-state index in [2.05, 4.69) is 11.8 Å². The Balaban J connectivity index is 0.00000180. The van der Waals surface area contributed by atoms with Crippen molar-refractivity contribution in [1.29, 1.82) is 0 Å². The largest absolute Gasteiger partial charge is 0.327 e. The predicted octanol–water partition coefficient (Wildman–Crippen LogP) is 3.26. The van der Waals surface area contributed by atoms with Crippen molar-refractivity contribution < 1.29 is 4.39 Å². The number of halogens is 2. The van der Waals surface area contributed by atoms with Crippen LogP contribution in [0.15, 0.2) is 18.2 Å². The number of piperidine rings is 1. The van der Waals surface area contributed by atoms with Crippen molar-refractivity contribution in [3.63, 3.8) is 0 Å². The molecule has 0 saturated carbocycles. The molecule has 1 aliphatic heterocycles. The van der Waals surface area contributed by atoms with E-state index in [1.807, 2.05) is 19.1 Å². The quantitative estimate of drug-likeness (QED) is 0.924. The molecular weight excluding hydrogens is 263 g/mol. The van der Waals surface area contributed by atoms with Crippen LogP contribution in [0.4, 0.5) is 4.39 Å². The van der Waals surface area contributed by atoms with Gasteiger partial charge in [0.05, 0.1) is 0 Å². The van der Waals surface area contributed by atoms with Crippen molar-refractivity contribution in [1.82, 2.24) is 4.90 Å². The fraction of sp³-hybridized carbons (Fsp3) is 0.600. The average Bonchev–Trinajstić information content (AvgIpc) is 2.34. The number of nitrogens with zero attached hydrogens (tertiary/aromatic N) is 1. The lowest BCUT2D eigenvalue weighted by molar-refractivity contribution is 0.123. The molecule has 1 saturated heterocycles. The third-order valence-corrected chi connectivity index (χ3v) is 3.88. The van der Waals surface area contributed by atoms with Gasteiger partial charge in [-0.15, -0.1) is 12.4 Å². The van der Waals surface area contributed by atoms with Crippen molar-refractivity contribution >= 4 is 12.4 Å². The highest BCUT2D eigenvalue weighted by Gasteiger charge is 2.25. The first kappa shape index (κ1) is 16.4. The molecule has 0 aromatic heterocycles. The first-order valence-electron chi connectivity index (χ1n) is 6.82. The monoisotopic (exact) mass is 286 g/mol. The Morgan fingerprint density at radius 1 is 1.42 bits per heavy atom. The summed E-state index contributed by atoms with van der Waals surface area (Å²) in [6, 6.07) is 6.06. The highest BCUT2D eigenvalue weighted by Crippen LogP contribution is 2.22. The van der Waals surface area contributed by atoms with Crippen LogP contribution < -0.4 is 5.73 Å². The van der Waals surface area contributed by atoms with Crippen LogP contribution in [0.25, 0.3) is 0 Å². The Labute approximate surface area is 121 Å². The molecule has 108 valence electrons. The summed E-state index contributed by atoms with van der Waals surface area (Å²) in [6.45, 7) is 5.88. The van der Waals surface area contributed by atoms with Crippen molar-refractivity contribution in [2.45, 2.75) is 51.7 Å². The molecule has 2 nitrogen and oxygen atoms in total. The molecule has 2 rings (SSSR count). The summed E-state index contributed by atoms with van der Waals surface area (Å²) in [5.74, 6) is -0.124. The lowest BCUT2D eigenvalue weighted by Crippen LogP contribution is -2.48. The maximum Gasteiger partial charge on any atom is 0.126 e. The molecule has 4 heteroatoms. The average molecular weight is 287 g/mol. The number of hydrogen-bond acceptors (Lipinski definition) is 2. The van der Waals surface area contributed by atoms with Gasteiger partial charge in [-0.25, -0.2) is 4.39 Å². The van der Waals surface area contributed by atoms with Gasteiger partial charge in [-0.05, 0) is 50.4 Å². The summed E-state index contributed by atoms with van der Waals surface area (Å²) in [7, 11) is 0. The molecule has 0 radical (unpaired) electrons.